The second-order valence-electron chi connectivity index (χ2n) is 4.30. The lowest BCUT2D eigenvalue weighted by Gasteiger charge is -2.14. The summed E-state index contributed by atoms with van der Waals surface area (Å²) in [5.41, 5.74) is 8.36. The van der Waals surface area contributed by atoms with Gasteiger partial charge in [-0.2, -0.15) is 5.10 Å². The fourth-order valence-corrected chi connectivity index (χ4v) is 2.21. The molecular formula is C12H12N4O3. The zero-order valence-corrected chi connectivity index (χ0v) is 10.1. The topological polar surface area (TPSA) is 96.2 Å². The van der Waals surface area contributed by atoms with Crippen LogP contribution in [0.1, 0.15) is 11.3 Å². The molecule has 0 atom stereocenters. The molecule has 2 N–H and O–H groups in total. The first kappa shape index (κ1) is 11.7. The van der Waals surface area contributed by atoms with E-state index in [1.54, 1.807) is 16.8 Å². The zero-order valence-electron chi connectivity index (χ0n) is 10.1. The first-order valence-electron chi connectivity index (χ1n) is 5.85. The van der Waals surface area contributed by atoms with Crippen molar-refractivity contribution in [3.8, 4) is 5.69 Å². The van der Waals surface area contributed by atoms with Gasteiger partial charge < -0.3 is 10.5 Å². The van der Waals surface area contributed by atoms with E-state index in [1.807, 2.05) is 0 Å². The lowest BCUT2D eigenvalue weighted by atomic mass is 10.1. The number of benzene rings is 1. The largest absolute Gasteiger partial charge is 0.382 e. The molecule has 1 aliphatic rings. The maximum Gasteiger partial charge on any atom is 0.271 e. The molecule has 0 spiro atoms. The molecule has 0 bridgehead atoms. The van der Waals surface area contributed by atoms with Crippen LogP contribution in [0.2, 0.25) is 0 Å². The third-order valence-corrected chi connectivity index (χ3v) is 3.14. The van der Waals surface area contributed by atoms with Gasteiger partial charge in [0.2, 0.25) is 0 Å². The highest BCUT2D eigenvalue weighted by molar-refractivity contribution is 5.50. The Bertz CT molecular complexity index is 650. The first-order chi connectivity index (χ1) is 9.16. The van der Waals surface area contributed by atoms with Crippen LogP contribution < -0.4 is 5.73 Å². The number of anilines is 1. The van der Waals surface area contributed by atoms with Crippen molar-refractivity contribution in [3.63, 3.8) is 0 Å². The summed E-state index contributed by atoms with van der Waals surface area (Å²) in [6.07, 6.45) is 0.697. The summed E-state index contributed by atoms with van der Waals surface area (Å²) in [6, 6.07) is 6.35. The van der Waals surface area contributed by atoms with Gasteiger partial charge in [0.05, 0.1) is 29.5 Å². The third kappa shape index (κ3) is 1.93. The van der Waals surface area contributed by atoms with Crippen LogP contribution in [0.4, 0.5) is 11.5 Å². The second kappa shape index (κ2) is 4.36. The molecule has 98 valence electrons. The van der Waals surface area contributed by atoms with Crippen molar-refractivity contribution in [3.05, 3.63) is 45.6 Å². The third-order valence-electron chi connectivity index (χ3n) is 3.14. The smallest absolute Gasteiger partial charge is 0.271 e. The van der Waals surface area contributed by atoms with Crippen molar-refractivity contribution >= 4 is 11.5 Å². The van der Waals surface area contributed by atoms with Gasteiger partial charge in [-0.05, 0) is 6.07 Å². The Hall–Kier alpha value is -2.41. The van der Waals surface area contributed by atoms with E-state index in [0.29, 0.717) is 31.1 Å². The number of rotatable bonds is 2. The van der Waals surface area contributed by atoms with Crippen molar-refractivity contribution in [2.75, 3.05) is 12.3 Å². The maximum atomic E-state index is 10.8. The summed E-state index contributed by atoms with van der Waals surface area (Å²) in [6.45, 7) is 1.04. The van der Waals surface area contributed by atoms with Gasteiger partial charge >= 0.3 is 0 Å². The summed E-state index contributed by atoms with van der Waals surface area (Å²) in [5, 5.41) is 15.1. The van der Waals surface area contributed by atoms with E-state index >= 15 is 0 Å². The summed E-state index contributed by atoms with van der Waals surface area (Å²) < 4.78 is 7.01. The molecule has 0 saturated heterocycles. The summed E-state index contributed by atoms with van der Waals surface area (Å²) >= 11 is 0. The number of nitrogen functional groups attached to an aromatic ring is 1. The van der Waals surface area contributed by atoms with E-state index < -0.39 is 4.92 Å². The summed E-state index contributed by atoms with van der Waals surface area (Å²) in [7, 11) is 0. The van der Waals surface area contributed by atoms with Gasteiger partial charge in [0.25, 0.3) is 5.69 Å². The van der Waals surface area contributed by atoms with E-state index in [4.69, 9.17) is 10.5 Å². The van der Waals surface area contributed by atoms with E-state index in [1.165, 1.54) is 12.1 Å². The standard InChI is InChI=1S/C12H12N4O3/c13-12-10-7-19-5-4-11(10)15(14-12)8-2-1-3-9(6-8)16(17)18/h1-3,6H,4-5,7H2,(H2,13,14). The molecule has 7 heteroatoms. The van der Waals surface area contributed by atoms with E-state index in [0.717, 1.165) is 11.3 Å². The molecule has 19 heavy (non-hydrogen) atoms. The molecule has 2 aromatic rings. The van der Waals surface area contributed by atoms with Gasteiger partial charge in [-0.3, -0.25) is 10.1 Å². The van der Waals surface area contributed by atoms with Crippen LogP contribution >= 0.6 is 0 Å². The van der Waals surface area contributed by atoms with Crippen molar-refractivity contribution in [1.82, 2.24) is 9.78 Å². The number of nitrogens with two attached hydrogens (primary N) is 1. The molecule has 0 radical (unpaired) electrons. The second-order valence-corrected chi connectivity index (χ2v) is 4.30. The van der Waals surface area contributed by atoms with Crippen molar-refractivity contribution in [1.29, 1.82) is 0 Å². The normalized spacial score (nSPS) is 14.1. The lowest BCUT2D eigenvalue weighted by molar-refractivity contribution is -0.384. The monoisotopic (exact) mass is 260 g/mol. The van der Waals surface area contributed by atoms with Crippen LogP contribution in [0.5, 0.6) is 0 Å². The minimum Gasteiger partial charge on any atom is -0.382 e. The average molecular weight is 260 g/mol. The molecule has 1 aromatic heterocycles. The Morgan fingerprint density at radius 2 is 2.32 bits per heavy atom. The number of ether oxygens (including phenoxy) is 1. The minimum atomic E-state index is -0.425. The number of non-ortho nitro benzene ring substituents is 1. The van der Waals surface area contributed by atoms with Gasteiger partial charge in [0.1, 0.15) is 0 Å². The Labute approximate surface area is 108 Å². The molecule has 0 aliphatic carbocycles. The van der Waals surface area contributed by atoms with Gasteiger partial charge in [-0.1, -0.05) is 6.07 Å². The predicted molar refractivity (Wildman–Crippen MR) is 68.0 cm³/mol. The average Bonchev–Trinajstić information content (AvgIpc) is 2.77. The van der Waals surface area contributed by atoms with Gasteiger partial charge in [0, 0.05) is 24.1 Å². The molecule has 2 heterocycles. The number of nitro benzene ring substituents is 1. The Morgan fingerprint density at radius 1 is 1.47 bits per heavy atom. The molecule has 1 aliphatic heterocycles. The lowest BCUT2D eigenvalue weighted by Crippen LogP contribution is -2.13. The molecule has 7 nitrogen and oxygen atoms in total. The van der Waals surface area contributed by atoms with Crippen LogP contribution in [0, 0.1) is 10.1 Å². The van der Waals surface area contributed by atoms with Crippen molar-refractivity contribution in [2.24, 2.45) is 0 Å². The van der Waals surface area contributed by atoms with E-state index in [-0.39, 0.29) is 5.69 Å². The van der Waals surface area contributed by atoms with E-state index in [2.05, 4.69) is 5.10 Å². The van der Waals surface area contributed by atoms with Gasteiger partial charge in [-0.15, -0.1) is 0 Å². The van der Waals surface area contributed by atoms with Crippen LogP contribution in [0.3, 0.4) is 0 Å². The Morgan fingerprint density at radius 3 is 3.11 bits per heavy atom. The first-order valence-corrected chi connectivity index (χ1v) is 5.85. The predicted octanol–water partition coefficient (Wildman–Crippen LogP) is 1.44. The summed E-state index contributed by atoms with van der Waals surface area (Å²) in [4.78, 5) is 10.4. The minimum absolute atomic E-state index is 0.0346. The molecule has 0 saturated carbocycles. The number of nitro groups is 1. The molecule has 1 aromatic carbocycles. The molecule has 3 rings (SSSR count). The van der Waals surface area contributed by atoms with Crippen LogP contribution in [-0.4, -0.2) is 21.3 Å². The Balaban J connectivity index is 2.12. The molecule has 0 fully saturated rings. The highest BCUT2D eigenvalue weighted by Gasteiger charge is 2.21. The van der Waals surface area contributed by atoms with Crippen molar-refractivity contribution in [2.45, 2.75) is 13.0 Å². The number of nitrogens with zero attached hydrogens (tertiary/aromatic N) is 3. The maximum absolute atomic E-state index is 10.8. The number of fused-ring (bicyclic) bond motifs is 1. The molecular weight excluding hydrogens is 248 g/mol. The fourth-order valence-electron chi connectivity index (χ4n) is 2.21. The zero-order chi connectivity index (χ0) is 13.4. The van der Waals surface area contributed by atoms with Crippen LogP contribution in [-0.2, 0) is 17.8 Å². The molecule has 0 unspecified atom stereocenters. The number of hydrogen-bond acceptors (Lipinski definition) is 5. The van der Waals surface area contributed by atoms with E-state index in [9.17, 15) is 10.1 Å². The van der Waals surface area contributed by atoms with Crippen molar-refractivity contribution < 1.29 is 9.66 Å². The Kier molecular flexibility index (Phi) is 2.68. The van der Waals surface area contributed by atoms with Crippen LogP contribution in [0.25, 0.3) is 5.69 Å². The highest BCUT2D eigenvalue weighted by Crippen LogP contribution is 2.26. The number of aromatic nitrogens is 2. The highest BCUT2D eigenvalue weighted by atomic mass is 16.6. The summed E-state index contributed by atoms with van der Waals surface area (Å²) in [5.74, 6) is 0.418. The number of hydrogen-bond donors (Lipinski definition) is 1. The fraction of sp³-hybridized carbons (Fsp3) is 0.250. The van der Waals surface area contributed by atoms with Gasteiger partial charge in [0.15, 0.2) is 5.82 Å². The molecule has 0 amide bonds. The quantitative estimate of drug-likeness (QED) is 0.651. The van der Waals surface area contributed by atoms with Gasteiger partial charge in [-0.25, -0.2) is 4.68 Å². The SMILES string of the molecule is Nc1nn(-c2cccc([N+](=O)[O-])c2)c2c1COCC2. The van der Waals surface area contributed by atoms with Crippen LogP contribution in [0.15, 0.2) is 24.3 Å².